The molecule has 3 aromatic carbocycles. The van der Waals surface area contributed by atoms with Crippen LogP contribution in [-0.4, -0.2) is 123 Å². The number of nitrogens with zero attached hydrogens (tertiary/aromatic N) is 11. The zero-order valence-corrected chi connectivity index (χ0v) is 60.5. The van der Waals surface area contributed by atoms with Crippen molar-refractivity contribution >= 4 is 110 Å². The Bertz CT molecular complexity index is 5080. The van der Waals surface area contributed by atoms with E-state index >= 15 is 0 Å². The normalized spacial score (nSPS) is 20.4. The first-order valence-electron chi connectivity index (χ1n) is 33.7. The number of hydrogen-bond acceptors (Lipinski definition) is 21. The van der Waals surface area contributed by atoms with Crippen LogP contribution in [0.4, 0.5) is 11.6 Å². The van der Waals surface area contributed by atoms with Crippen molar-refractivity contribution in [1.82, 2.24) is 67.5 Å². The number of aromatic nitrogens is 11. The number of nitrogens with two attached hydrogens (primary N) is 1. The summed E-state index contributed by atoms with van der Waals surface area (Å²) < 4.78 is 83.3. The number of anilines is 2. The molecule has 3 amide bonds. The summed E-state index contributed by atoms with van der Waals surface area (Å²) in [7, 11) is -11.3. The Hall–Kier alpha value is -10.1. The predicted octanol–water partition coefficient (Wildman–Crippen LogP) is 8.76. The molecule has 1 unspecified atom stereocenters. The number of ketones is 1. The summed E-state index contributed by atoms with van der Waals surface area (Å²) in [5.74, 6) is 6.66. The molecule has 540 valence electrons. The molecule has 32 heteroatoms. The Morgan fingerprint density at radius 3 is 1.42 bits per heavy atom. The number of nitrogen functional groups attached to an aromatic ring is 1. The van der Waals surface area contributed by atoms with Crippen molar-refractivity contribution in [2.24, 2.45) is 41.4 Å². The lowest BCUT2D eigenvalue weighted by atomic mass is 9.93. The second-order valence-electron chi connectivity index (χ2n) is 26.3. The first kappa shape index (κ1) is 74.6. The maximum atomic E-state index is 13.3. The van der Waals surface area contributed by atoms with Gasteiger partial charge in [0.15, 0.2) is 34.2 Å². The largest absolute Gasteiger partial charge is 0.481 e. The van der Waals surface area contributed by atoms with Crippen molar-refractivity contribution in [3.8, 4) is 0 Å². The number of hydrogen-bond donors (Lipinski definition) is 7. The zero-order chi connectivity index (χ0) is 73.5. The molecule has 7 aromatic heterocycles. The second kappa shape index (κ2) is 31.5. The van der Waals surface area contributed by atoms with Crippen LogP contribution < -0.4 is 32.8 Å². The van der Waals surface area contributed by atoms with Crippen LogP contribution in [0.1, 0.15) is 134 Å². The molecule has 9 atom stereocenters. The van der Waals surface area contributed by atoms with Gasteiger partial charge in [-0.25, -0.2) is 67.9 Å². The third-order valence-electron chi connectivity index (χ3n) is 19.1. The third kappa shape index (κ3) is 16.5. The predicted molar refractivity (Wildman–Crippen MR) is 383 cm³/mol. The van der Waals surface area contributed by atoms with E-state index < -0.39 is 36.0 Å². The van der Waals surface area contributed by atoms with Gasteiger partial charge in [-0.15, -0.1) is 10.2 Å². The molecule has 0 bridgehead atoms. The molecule has 3 aliphatic carbocycles. The van der Waals surface area contributed by atoms with Crippen LogP contribution in [0.15, 0.2) is 143 Å². The zero-order valence-electron chi connectivity index (χ0n) is 58.1. The standard InChI is InChI=1S/C24H27N5O3S.C23H28N6O4S.C13H13N5O2S.C10H17NO3/c1-4-18-12-17(11-16(3)30)13-20(18)23-27-26-22-14-25-24-21(29(22)23)9-10-28(24)33(31,32)19-7-5-15(2)6-8-19;1-4-16-11-17(25-15(3)30)12-19(16)23(31)28-27-21-13-24-22-20(26-21)9-10-29(22)34(32,33)18-7-5-14(2)6-8-18;1-9-2-4-10(5-3-9)21(19,20)18-7-6-11-13(18)15-8-12(16-11)17-14;1-3-7-4-8(11-6(2)12)5-9(7)10(13)14/h5-10,14,17-18,20H,4,11-13H2,1-3H3;5-10,13,16-17,19H,4,11-12H2,1-3H3,(H,25,30)(H,26,27)(H,28,31);2-8H,14H2,1H3,(H,16,17);7-9H,3-5H2,1-2H3,(H,11,12)(H,13,14)/t17-,18+,20-;16-,17+,19?;;7-,8+,9+/m01.1/s1. The highest BCUT2D eigenvalue weighted by molar-refractivity contribution is 7.90. The van der Waals surface area contributed by atoms with Gasteiger partial charge in [-0.1, -0.05) is 93.1 Å². The Kier molecular flexibility index (Phi) is 23.0. The number of aryl methyl sites for hydroxylation is 3. The molecule has 29 nitrogen and oxygen atoms in total. The molecule has 13 rings (SSSR count). The lowest BCUT2D eigenvalue weighted by Gasteiger charge is -2.17. The van der Waals surface area contributed by atoms with Gasteiger partial charge in [0.05, 0.1) is 44.7 Å². The summed E-state index contributed by atoms with van der Waals surface area (Å²) in [6.45, 7) is 16.5. The summed E-state index contributed by atoms with van der Waals surface area (Å²) in [6.07, 6.45) is 16.6. The topological polar surface area (TPSA) is 404 Å². The van der Waals surface area contributed by atoms with Crippen LogP contribution in [0.25, 0.3) is 39.1 Å². The van der Waals surface area contributed by atoms with Gasteiger partial charge in [0, 0.05) is 62.8 Å². The SMILES string of the molecule is CC[C@@H]1C[C@H](CC(C)=O)C[C@@H]1c1nnc2cnc3c(ccn3S(=O)(=O)c3ccc(C)cc3)n12.CC[C@@H]1C[C@H](NC(C)=O)CC1C(=O)NNc1cnc2c(ccn2S(=O)(=O)c2ccc(C)cc2)n1.CC[C@@H]1C[C@H](NC(C)=O)C[C@@H]1C(=O)O.Cc1ccc(S(=O)(=O)n2ccc3nc(NN)cnc32)cc1. The number of benzene rings is 3. The highest BCUT2D eigenvalue weighted by Crippen LogP contribution is 2.46. The van der Waals surface area contributed by atoms with E-state index in [4.69, 9.17) is 10.9 Å². The van der Waals surface area contributed by atoms with Crippen molar-refractivity contribution in [3.63, 3.8) is 0 Å². The maximum absolute atomic E-state index is 13.3. The smallest absolute Gasteiger partial charge is 0.306 e. The fraction of sp³-hybridized carbons (Fsp3) is 0.400. The highest BCUT2D eigenvalue weighted by atomic mass is 32.2. The molecule has 10 aromatic rings. The van der Waals surface area contributed by atoms with E-state index in [9.17, 15) is 49.2 Å². The molecule has 0 spiro atoms. The number of rotatable bonds is 19. The van der Waals surface area contributed by atoms with Gasteiger partial charge in [0.25, 0.3) is 30.1 Å². The van der Waals surface area contributed by atoms with Crippen molar-refractivity contribution in [1.29, 1.82) is 0 Å². The molecule has 3 aliphatic rings. The summed E-state index contributed by atoms with van der Waals surface area (Å²) in [6, 6.07) is 24.9. The van der Waals surface area contributed by atoms with Crippen molar-refractivity contribution in [3.05, 3.63) is 151 Å². The Morgan fingerprint density at radius 2 is 0.971 bits per heavy atom. The van der Waals surface area contributed by atoms with Gasteiger partial charge in [0.1, 0.15) is 22.6 Å². The van der Waals surface area contributed by atoms with Crippen LogP contribution in [0, 0.1) is 56.3 Å². The number of carboxylic acids is 1. The Labute approximate surface area is 591 Å². The van der Waals surface area contributed by atoms with E-state index in [0.717, 1.165) is 75.4 Å². The van der Waals surface area contributed by atoms with Gasteiger partial charge >= 0.3 is 5.97 Å². The van der Waals surface area contributed by atoms with E-state index in [-0.39, 0.29) is 97.0 Å². The summed E-state index contributed by atoms with van der Waals surface area (Å²) >= 11 is 0. The molecule has 3 saturated carbocycles. The summed E-state index contributed by atoms with van der Waals surface area (Å²) in [4.78, 5) is 79.5. The molecule has 0 saturated heterocycles. The first-order valence-corrected chi connectivity index (χ1v) is 38.0. The maximum Gasteiger partial charge on any atom is 0.306 e. The monoisotopic (exact) mass is 1450 g/mol. The van der Waals surface area contributed by atoms with Crippen molar-refractivity contribution in [2.45, 2.75) is 159 Å². The number of nitrogens with one attached hydrogen (secondary N) is 5. The molecule has 3 fully saturated rings. The van der Waals surface area contributed by atoms with E-state index in [0.29, 0.717) is 64.8 Å². The number of amides is 3. The number of fused-ring (bicyclic) bond motifs is 5. The number of carbonyl (C=O) groups is 5. The second-order valence-corrected chi connectivity index (χ2v) is 31.8. The average Bonchev–Trinajstić information content (AvgIpc) is 1.58. The molecule has 0 aliphatic heterocycles. The van der Waals surface area contributed by atoms with Gasteiger partial charge in [0.2, 0.25) is 17.7 Å². The van der Waals surface area contributed by atoms with Gasteiger partial charge in [-0.05, 0) is 144 Å². The summed E-state index contributed by atoms with van der Waals surface area (Å²) in [5, 5.41) is 23.5. The van der Waals surface area contributed by atoms with Crippen LogP contribution in [-0.2, 0) is 54.0 Å². The van der Waals surface area contributed by atoms with Crippen molar-refractivity contribution in [2.75, 3.05) is 10.9 Å². The van der Waals surface area contributed by atoms with Crippen molar-refractivity contribution < 1.29 is 54.3 Å². The van der Waals surface area contributed by atoms with Gasteiger partial charge in [-0.2, -0.15) is 0 Å². The first-order chi connectivity index (χ1) is 48.5. The molecule has 102 heavy (non-hydrogen) atoms. The Balaban J connectivity index is 0.000000154. The van der Waals surface area contributed by atoms with E-state index in [1.807, 2.05) is 39.0 Å². The van der Waals surface area contributed by atoms with Crippen LogP contribution in [0.2, 0.25) is 0 Å². The number of carboxylic acid groups (broad SMARTS) is 1. The molecular weight excluding hydrogens is 1370 g/mol. The minimum absolute atomic E-state index is 0.00964. The minimum atomic E-state index is -3.82. The van der Waals surface area contributed by atoms with E-state index in [1.54, 1.807) is 110 Å². The molecule has 8 N–H and O–H groups in total. The molecular formula is C70H85N17O12S3. The quantitative estimate of drug-likeness (QED) is 0.0294. The lowest BCUT2D eigenvalue weighted by molar-refractivity contribution is -0.143. The number of hydrazine groups is 2. The van der Waals surface area contributed by atoms with E-state index in [2.05, 4.69) is 69.0 Å². The fourth-order valence-corrected chi connectivity index (χ4v) is 17.9. The number of Topliss-reactive ketones (excluding diaryl/α,β-unsaturated/α-hetero) is 1. The average molecular weight is 1450 g/mol. The lowest BCUT2D eigenvalue weighted by Crippen LogP contribution is -2.37. The third-order valence-corrected chi connectivity index (χ3v) is 24.1. The summed E-state index contributed by atoms with van der Waals surface area (Å²) in [5.41, 5.74) is 13.6. The number of carbonyl (C=O) groups excluding carboxylic acids is 4. The molecule has 0 radical (unpaired) electrons. The van der Waals surface area contributed by atoms with Gasteiger partial charge < -0.3 is 26.0 Å². The van der Waals surface area contributed by atoms with Crippen LogP contribution in [0.3, 0.4) is 0 Å². The minimum Gasteiger partial charge on any atom is -0.481 e. The highest BCUT2D eigenvalue weighted by Gasteiger charge is 2.41. The van der Waals surface area contributed by atoms with Crippen LogP contribution >= 0.6 is 0 Å². The Morgan fingerprint density at radius 1 is 0.529 bits per heavy atom. The van der Waals surface area contributed by atoms with Crippen LogP contribution in [0.5, 0.6) is 0 Å². The molecule has 7 heterocycles. The van der Waals surface area contributed by atoms with Gasteiger partial charge in [-0.3, -0.25) is 34.4 Å². The van der Waals surface area contributed by atoms with E-state index in [1.165, 1.54) is 42.6 Å². The fourth-order valence-electron chi connectivity index (χ4n) is 14.0. The number of aliphatic carboxylic acids is 1.